The van der Waals surface area contributed by atoms with Crippen molar-refractivity contribution in [3.05, 3.63) is 47.8 Å². The molecule has 2 heterocycles. The molecule has 7 nitrogen and oxygen atoms in total. The highest BCUT2D eigenvalue weighted by atomic mass is 19.3. The Bertz CT molecular complexity index is 1200. The second-order valence-electron chi connectivity index (χ2n) is 8.08. The Hall–Kier alpha value is -3.67. The van der Waals surface area contributed by atoms with Crippen LogP contribution in [0, 0.1) is 11.3 Å². The maximum atomic E-state index is 13.1. The predicted octanol–water partition coefficient (Wildman–Crippen LogP) is 4.55. The van der Waals surface area contributed by atoms with Crippen molar-refractivity contribution in [2.24, 2.45) is 0 Å². The van der Waals surface area contributed by atoms with Gasteiger partial charge in [-0.2, -0.15) is 14.0 Å². The summed E-state index contributed by atoms with van der Waals surface area (Å²) in [6.07, 6.45) is 3.33. The topological polar surface area (TPSA) is 88.7 Å². The number of hydrogen-bond donors (Lipinski definition) is 1. The summed E-state index contributed by atoms with van der Waals surface area (Å²) in [5, 5.41) is 12.1. The fourth-order valence-corrected chi connectivity index (χ4v) is 3.29. The van der Waals surface area contributed by atoms with E-state index in [-0.39, 0.29) is 23.1 Å². The first-order valence-electron chi connectivity index (χ1n) is 9.94. The van der Waals surface area contributed by atoms with E-state index in [0.29, 0.717) is 16.9 Å². The molecule has 3 aromatic rings. The first-order valence-corrected chi connectivity index (χ1v) is 9.94. The Balaban J connectivity index is 2.17. The third-order valence-electron chi connectivity index (χ3n) is 4.96. The summed E-state index contributed by atoms with van der Waals surface area (Å²) >= 11 is 0. The number of nitrogens with zero attached hydrogens (tertiary/aromatic N) is 3. The Morgan fingerprint density at radius 2 is 1.94 bits per heavy atom. The third-order valence-corrected chi connectivity index (χ3v) is 4.96. The lowest BCUT2D eigenvalue weighted by atomic mass is 9.87. The molecule has 0 saturated heterocycles. The first kappa shape index (κ1) is 23.0. The molecule has 9 heteroatoms. The van der Waals surface area contributed by atoms with Crippen molar-refractivity contribution in [2.75, 3.05) is 7.11 Å². The highest BCUT2D eigenvalue weighted by Crippen LogP contribution is 2.36. The number of pyridine rings is 1. The molecule has 32 heavy (non-hydrogen) atoms. The maximum Gasteiger partial charge on any atom is 0.387 e. The highest BCUT2D eigenvalue weighted by Gasteiger charge is 2.25. The lowest BCUT2D eigenvalue weighted by Gasteiger charge is -2.18. The Morgan fingerprint density at radius 1 is 1.25 bits per heavy atom. The van der Waals surface area contributed by atoms with E-state index >= 15 is 0 Å². The summed E-state index contributed by atoms with van der Waals surface area (Å²) in [6.45, 7) is 4.00. The monoisotopic (exact) mass is 442 g/mol. The average Bonchev–Trinajstić information content (AvgIpc) is 3.15. The van der Waals surface area contributed by atoms with E-state index in [0.717, 1.165) is 5.56 Å². The fourth-order valence-electron chi connectivity index (χ4n) is 3.29. The van der Waals surface area contributed by atoms with Crippen molar-refractivity contribution in [3.63, 3.8) is 0 Å². The molecule has 1 aromatic carbocycles. The fraction of sp³-hybridized carbons (Fsp3) is 0.348. The van der Waals surface area contributed by atoms with Crippen LogP contribution >= 0.6 is 0 Å². The van der Waals surface area contributed by atoms with E-state index in [9.17, 15) is 18.8 Å². The Labute approximate surface area is 184 Å². The van der Waals surface area contributed by atoms with Gasteiger partial charge in [-0.25, -0.2) is 4.98 Å². The number of imidazole rings is 1. The van der Waals surface area contributed by atoms with E-state index in [1.807, 2.05) is 13.8 Å². The zero-order chi connectivity index (χ0) is 23.6. The first-order chi connectivity index (χ1) is 15.1. The highest BCUT2D eigenvalue weighted by molar-refractivity contribution is 6.00. The molecule has 3 rings (SSSR count). The number of benzene rings is 1. The van der Waals surface area contributed by atoms with Crippen LogP contribution in [-0.4, -0.2) is 35.1 Å². The van der Waals surface area contributed by atoms with Crippen molar-refractivity contribution in [1.82, 2.24) is 14.7 Å². The van der Waals surface area contributed by atoms with E-state index in [4.69, 9.17) is 4.74 Å². The van der Waals surface area contributed by atoms with Gasteiger partial charge in [0.1, 0.15) is 22.7 Å². The van der Waals surface area contributed by atoms with Gasteiger partial charge in [-0.15, -0.1) is 0 Å². The molecule has 0 aliphatic rings. The van der Waals surface area contributed by atoms with Gasteiger partial charge >= 0.3 is 6.61 Å². The van der Waals surface area contributed by atoms with Crippen molar-refractivity contribution >= 4 is 11.6 Å². The van der Waals surface area contributed by atoms with Crippen LogP contribution in [0.15, 0.2) is 36.7 Å². The summed E-state index contributed by atoms with van der Waals surface area (Å²) in [6, 6.07) is 8.58. The number of nitriles is 1. The number of ether oxygens (including phenoxy) is 2. The number of nitrogens with one attached hydrogen (secondary N) is 1. The summed E-state index contributed by atoms with van der Waals surface area (Å²) in [5.74, 6) is -0.793. The molecule has 0 unspecified atom stereocenters. The minimum atomic E-state index is -3.13. The molecule has 1 N–H and O–H groups in total. The molecule has 0 aliphatic heterocycles. The van der Waals surface area contributed by atoms with Crippen LogP contribution in [0.1, 0.15) is 43.6 Å². The zero-order valence-corrected chi connectivity index (χ0v) is 18.4. The van der Waals surface area contributed by atoms with E-state index in [2.05, 4.69) is 21.1 Å². The molecule has 2 aromatic heterocycles. The number of carbonyl (C=O) groups is 1. The van der Waals surface area contributed by atoms with Crippen LogP contribution in [0.25, 0.3) is 16.9 Å². The largest absolute Gasteiger partial charge is 0.496 e. The number of fused-ring (bicyclic) bond motifs is 1. The molecule has 168 valence electrons. The normalized spacial score (nSPS) is 11.6. The average molecular weight is 442 g/mol. The zero-order valence-electron chi connectivity index (χ0n) is 18.4. The SMILES string of the molecule is COc1cc(-c2cnc3cc(C(C)(C)C#N)ccn23)cc(OC(F)F)c1C(=O)NC(C)C. The number of alkyl halides is 2. The second-order valence-corrected chi connectivity index (χ2v) is 8.08. The molecular formula is C23H24F2N4O3. The van der Waals surface area contributed by atoms with Crippen molar-refractivity contribution in [2.45, 2.75) is 45.8 Å². The molecule has 0 spiro atoms. The molecule has 0 radical (unpaired) electrons. The van der Waals surface area contributed by atoms with Gasteiger partial charge < -0.3 is 14.8 Å². The van der Waals surface area contributed by atoms with Gasteiger partial charge in [0.2, 0.25) is 0 Å². The number of hydrogen-bond acceptors (Lipinski definition) is 5. The maximum absolute atomic E-state index is 13.1. The Kier molecular flexibility index (Phi) is 6.35. The van der Waals surface area contributed by atoms with Gasteiger partial charge in [0, 0.05) is 17.8 Å². The van der Waals surface area contributed by atoms with Crippen LogP contribution in [0.5, 0.6) is 11.5 Å². The molecule has 0 atom stereocenters. The quantitative estimate of drug-likeness (QED) is 0.580. The molecular weight excluding hydrogens is 418 g/mol. The molecule has 0 aliphatic carbocycles. The molecule has 0 fully saturated rings. The predicted molar refractivity (Wildman–Crippen MR) is 115 cm³/mol. The molecule has 0 bridgehead atoms. The van der Waals surface area contributed by atoms with Gasteiger partial charge in [-0.1, -0.05) is 0 Å². The van der Waals surface area contributed by atoms with Gasteiger partial charge in [0.05, 0.1) is 30.5 Å². The standard InChI is InChI=1S/C23H24F2N4O3/c1-13(2)28-21(30)20-17(31-5)8-14(9-18(20)32-22(24)25)16-11-27-19-10-15(6-7-29(16)19)23(3,4)12-26/h6-11,13,22H,1-5H3,(H,28,30). The van der Waals surface area contributed by atoms with Crippen molar-refractivity contribution in [3.8, 4) is 28.8 Å². The number of halogens is 2. The third kappa shape index (κ3) is 4.49. The lowest BCUT2D eigenvalue weighted by Crippen LogP contribution is -2.31. The summed E-state index contributed by atoms with van der Waals surface area (Å²) in [7, 11) is 1.35. The van der Waals surface area contributed by atoms with Crippen molar-refractivity contribution in [1.29, 1.82) is 5.26 Å². The smallest absolute Gasteiger partial charge is 0.387 e. The number of amides is 1. The second kappa shape index (κ2) is 8.83. The van der Waals surface area contributed by atoms with Gasteiger partial charge in [-0.3, -0.25) is 9.20 Å². The number of aromatic nitrogens is 2. The van der Waals surface area contributed by atoms with E-state index < -0.39 is 17.9 Å². The van der Waals surface area contributed by atoms with Crippen LogP contribution in [0.3, 0.4) is 0 Å². The van der Waals surface area contributed by atoms with Crippen LogP contribution in [0.4, 0.5) is 8.78 Å². The molecule has 0 saturated carbocycles. The van der Waals surface area contributed by atoms with Crippen molar-refractivity contribution < 1.29 is 23.0 Å². The van der Waals surface area contributed by atoms with E-state index in [1.54, 1.807) is 48.8 Å². The number of methoxy groups -OCH3 is 1. The molecule has 1 amide bonds. The minimum absolute atomic E-state index is 0.0912. The van der Waals surface area contributed by atoms with Crippen LogP contribution in [-0.2, 0) is 5.41 Å². The van der Waals surface area contributed by atoms with Gasteiger partial charge in [0.15, 0.2) is 0 Å². The summed E-state index contributed by atoms with van der Waals surface area (Å²) in [4.78, 5) is 17.0. The minimum Gasteiger partial charge on any atom is -0.496 e. The van der Waals surface area contributed by atoms with Gasteiger partial charge in [-0.05, 0) is 57.5 Å². The number of rotatable bonds is 7. The lowest BCUT2D eigenvalue weighted by molar-refractivity contribution is -0.0502. The van der Waals surface area contributed by atoms with Crippen LogP contribution < -0.4 is 14.8 Å². The Morgan fingerprint density at radius 3 is 2.53 bits per heavy atom. The van der Waals surface area contributed by atoms with Crippen LogP contribution in [0.2, 0.25) is 0 Å². The summed E-state index contributed by atoms with van der Waals surface area (Å²) in [5.41, 5.74) is 1.62. The number of carbonyl (C=O) groups excluding carboxylic acids is 1. The summed E-state index contributed by atoms with van der Waals surface area (Å²) < 4.78 is 38.1. The van der Waals surface area contributed by atoms with E-state index in [1.165, 1.54) is 13.2 Å². The van der Waals surface area contributed by atoms with Gasteiger partial charge in [0.25, 0.3) is 5.91 Å².